The number of benzene rings is 2. The molecule has 0 saturated heterocycles. The van der Waals surface area contributed by atoms with Gasteiger partial charge in [0.05, 0.1) is 23.3 Å². The van der Waals surface area contributed by atoms with Crippen molar-refractivity contribution < 1.29 is 19.1 Å². The Labute approximate surface area is 139 Å². The van der Waals surface area contributed by atoms with Crippen molar-refractivity contribution in [3.05, 3.63) is 70.8 Å². The first-order chi connectivity index (χ1) is 11.6. The van der Waals surface area contributed by atoms with Gasteiger partial charge >= 0.3 is 5.97 Å². The number of fused-ring (bicyclic) bond motifs is 1. The second-order valence-corrected chi connectivity index (χ2v) is 5.61. The third-order valence-corrected chi connectivity index (χ3v) is 4.00. The molecule has 0 aromatic heterocycles. The van der Waals surface area contributed by atoms with Crippen LogP contribution >= 0.6 is 0 Å². The molecule has 0 unspecified atom stereocenters. The highest BCUT2D eigenvalue weighted by molar-refractivity contribution is 6.21. The van der Waals surface area contributed by atoms with E-state index in [-0.39, 0.29) is 25.0 Å². The van der Waals surface area contributed by atoms with Gasteiger partial charge in [0.2, 0.25) is 0 Å². The summed E-state index contributed by atoms with van der Waals surface area (Å²) in [7, 11) is 0. The van der Waals surface area contributed by atoms with Gasteiger partial charge in [0.1, 0.15) is 0 Å². The molecule has 1 aliphatic heterocycles. The predicted octanol–water partition coefficient (Wildman–Crippen LogP) is 2.84. The Hall–Kier alpha value is -2.95. The number of hydrogen-bond acceptors (Lipinski definition) is 4. The van der Waals surface area contributed by atoms with E-state index in [1.54, 1.807) is 36.4 Å². The number of imide groups is 1. The molecule has 0 atom stereocenters. The summed E-state index contributed by atoms with van der Waals surface area (Å²) in [6, 6.07) is 13.9. The molecule has 0 radical (unpaired) electrons. The topological polar surface area (TPSA) is 63.7 Å². The number of esters is 1. The fourth-order valence-corrected chi connectivity index (χ4v) is 2.71. The molecule has 5 nitrogen and oxygen atoms in total. The van der Waals surface area contributed by atoms with Crippen LogP contribution in [0.25, 0.3) is 0 Å². The van der Waals surface area contributed by atoms with Crippen LogP contribution < -0.4 is 0 Å². The van der Waals surface area contributed by atoms with Crippen molar-refractivity contribution in [1.82, 2.24) is 4.90 Å². The van der Waals surface area contributed by atoms with Crippen molar-refractivity contribution in [3.8, 4) is 0 Å². The van der Waals surface area contributed by atoms with E-state index in [1.807, 2.05) is 19.1 Å². The Balaban J connectivity index is 1.53. The average molecular weight is 323 g/mol. The number of rotatable bonds is 5. The molecule has 1 aliphatic rings. The molecule has 2 amide bonds. The van der Waals surface area contributed by atoms with Gasteiger partial charge in [0.15, 0.2) is 0 Å². The van der Waals surface area contributed by atoms with Crippen LogP contribution in [0.4, 0.5) is 0 Å². The minimum Gasteiger partial charge on any atom is -0.462 e. The molecular formula is C19H17NO4. The van der Waals surface area contributed by atoms with Crippen LogP contribution in [-0.2, 0) is 4.74 Å². The van der Waals surface area contributed by atoms with Crippen LogP contribution in [0.3, 0.4) is 0 Å². The number of amides is 2. The summed E-state index contributed by atoms with van der Waals surface area (Å²) in [6.07, 6.45) is 0.406. The molecule has 0 bridgehead atoms. The third-order valence-electron chi connectivity index (χ3n) is 4.00. The van der Waals surface area contributed by atoms with E-state index in [1.165, 1.54) is 4.90 Å². The Morgan fingerprint density at radius 3 is 2.17 bits per heavy atom. The number of ether oxygens (including phenoxy) is 1. The van der Waals surface area contributed by atoms with Gasteiger partial charge in [-0.05, 0) is 37.1 Å². The maximum atomic E-state index is 12.2. The van der Waals surface area contributed by atoms with Gasteiger partial charge in [-0.3, -0.25) is 14.5 Å². The quantitative estimate of drug-likeness (QED) is 0.482. The lowest BCUT2D eigenvalue weighted by Gasteiger charge is -2.13. The Bertz CT molecular complexity index is 778. The number of aryl methyl sites for hydroxylation is 1. The van der Waals surface area contributed by atoms with Crippen molar-refractivity contribution in [2.45, 2.75) is 13.3 Å². The van der Waals surface area contributed by atoms with Crippen LogP contribution in [0.15, 0.2) is 48.5 Å². The van der Waals surface area contributed by atoms with Crippen molar-refractivity contribution >= 4 is 17.8 Å². The van der Waals surface area contributed by atoms with Gasteiger partial charge in [0, 0.05) is 6.54 Å². The van der Waals surface area contributed by atoms with Crippen LogP contribution in [0.2, 0.25) is 0 Å². The van der Waals surface area contributed by atoms with Gasteiger partial charge in [-0.25, -0.2) is 4.79 Å². The van der Waals surface area contributed by atoms with Crippen LogP contribution in [0, 0.1) is 6.92 Å². The summed E-state index contributed by atoms with van der Waals surface area (Å²) in [5, 5.41) is 0. The lowest BCUT2D eigenvalue weighted by atomic mass is 10.1. The summed E-state index contributed by atoms with van der Waals surface area (Å²) >= 11 is 0. The average Bonchev–Trinajstić information content (AvgIpc) is 2.84. The molecule has 0 saturated carbocycles. The monoisotopic (exact) mass is 323 g/mol. The lowest BCUT2D eigenvalue weighted by molar-refractivity contribution is 0.0482. The zero-order valence-electron chi connectivity index (χ0n) is 13.3. The third kappa shape index (κ3) is 2.93. The minimum atomic E-state index is -0.393. The number of carbonyl (C=O) groups is 3. The molecule has 0 N–H and O–H groups in total. The zero-order valence-corrected chi connectivity index (χ0v) is 13.3. The first kappa shape index (κ1) is 15.9. The van der Waals surface area contributed by atoms with Crippen molar-refractivity contribution in [3.63, 3.8) is 0 Å². The number of hydrogen-bond donors (Lipinski definition) is 0. The van der Waals surface area contributed by atoms with Gasteiger partial charge in [0.25, 0.3) is 11.8 Å². The van der Waals surface area contributed by atoms with Crippen molar-refractivity contribution in [2.24, 2.45) is 0 Å². The summed E-state index contributed by atoms with van der Waals surface area (Å²) in [5.74, 6) is -0.975. The molecule has 0 fully saturated rings. The van der Waals surface area contributed by atoms with Gasteiger partial charge < -0.3 is 4.74 Å². The second-order valence-electron chi connectivity index (χ2n) is 5.61. The van der Waals surface area contributed by atoms with E-state index in [2.05, 4.69) is 0 Å². The molecule has 2 aromatic carbocycles. The zero-order chi connectivity index (χ0) is 17.1. The molecule has 122 valence electrons. The molecule has 1 heterocycles. The fraction of sp³-hybridized carbons (Fsp3) is 0.211. The lowest BCUT2D eigenvalue weighted by Crippen LogP contribution is -2.31. The molecule has 2 aromatic rings. The molecule has 5 heteroatoms. The maximum absolute atomic E-state index is 12.2. The van der Waals surface area contributed by atoms with E-state index in [0.29, 0.717) is 23.1 Å². The molecule has 24 heavy (non-hydrogen) atoms. The molecule has 0 aliphatic carbocycles. The highest BCUT2D eigenvalue weighted by Crippen LogP contribution is 2.22. The van der Waals surface area contributed by atoms with Crippen LogP contribution in [0.5, 0.6) is 0 Å². The minimum absolute atomic E-state index is 0.153. The summed E-state index contributed by atoms with van der Waals surface area (Å²) in [6.45, 7) is 2.23. The highest BCUT2D eigenvalue weighted by Gasteiger charge is 2.34. The van der Waals surface area contributed by atoms with Gasteiger partial charge in [-0.1, -0.05) is 30.3 Å². The highest BCUT2D eigenvalue weighted by atomic mass is 16.5. The smallest absolute Gasteiger partial charge is 0.338 e. The first-order valence-electron chi connectivity index (χ1n) is 7.77. The largest absolute Gasteiger partial charge is 0.462 e. The van der Waals surface area contributed by atoms with E-state index in [9.17, 15) is 14.4 Å². The van der Waals surface area contributed by atoms with Gasteiger partial charge in [-0.2, -0.15) is 0 Å². The predicted molar refractivity (Wildman–Crippen MR) is 87.9 cm³/mol. The SMILES string of the molecule is Cc1ccccc1C(=O)OCCCN1C(=O)c2ccccc2C1=O. The maximum Gasteiger partial charge on any atom is 0.338 e. The normalized spacial score (nSPS) is 13.1. The second kappa shape index (κ2) is 6.66. The summed E-state index contributed by atoms with van der Waals surface area (Å²) in [5.41, 5.74) is 2.24. The Morgan fingerprint density at radius 2 is 1.54 bits per heavy atom. The summed E-state index contributed by atoms with van der Waals surface area (Å²) < 4.78 is 5.23. The molecule has 3 rings (SSSR count). The Kier molecular flexibility index (Phi) is 4.42. The molecular weight excluding hydrogens is 306 g/mol. The Morgan fingerprint density at radius 1 is 0.958 bits per heavy atom. The van der Waals surface area contributed by atoms with E-state index < -0.39 is 5.97 Å². The van der Waals surface area contributed by atoms with Crippen LogP contribution in [-0.4, -0.2) is 35.8 Å². The van der Waals surface area contributed by atoms with E-state index >= 15 is 0 Å². The molecule has 0 spiro atoms. The van der Waals surface area contributed by atoms with Crippen molar-refractivity contribution in [2.75, 3.05) is 13.2 Å². The summed E-state index contributed by atoms with van der Waals surface area (Å²) in [4.78, 5) is 37.6. The number of nitrogens with zero attached hydrogens (tertiary/aromatic N) is 1. The van der Waals surface area contributed by atoms with Crippen molar-refractivity contribution in [1.29, 1.82) is 0 Å². The van der Waals surface area contributed by atoms with Gasteiger partial charge in [-0.15, -0.1) is 0 Å². The van der Waals surface area contributed by atoms with E-state index in [0.717, 1.165) is 5.56 Å². The number of carbonyl (C=O) groups excluding carboxylic acids is 3. The fourth-order valence-electron chi connectivity index (χ4n) is 2.71. The standard InChI is InChI=1S/C19H17NO4/c1-13-7-2-3-8-14(13)19(23)24-12-6-11-20-17(21)15-9-4-5-10-16(15)18(20)22/h2-5,7-10H,6,11-12H2,1H3. The van der Waals surface area contributed by atoms with Crippen LogP contribution in [0.1, 0.15) is 43.1 Å². The first-order valence-corrected chi connectivity index (χ1v) is 7.77. The van der Waals surface area contributed by atoms with E-state index in [4.69, 9.17) is 4.74 Å².